The van der Waals surface area contributed by atoms with E-state index in [9.17, 15) is 4.79 Å². The van der Waals surface area contributed by atoms with Crippen LogP contribution in [0.15, 0.2) is 116 Å². The minimum atomic E-state index is -0.670. The van der Waals surface area contributed by atoms with Crippen LogP contribution >= 0.6 is 0 Å². The van der Waals surface area contributed by atoms with Crippen molar-refractivity contribution in [3.63, 3.8) is 0 Å². The van der Waals surface area contributed by atoms with Gasteiger partial charge in [-0.3, -0.25) is 4.79 Å². The molecule has 5 rings (SSSR count). The molecule has 0 fully saturated rings. The van der Waals surface area contributed by atoms with E-state index in [1.54, 1.807) is 6.07 Å². The molecule has 0 aliphatic carbocycles. The lowest BCUT2D eigenvalue weighted by Gasteiger charge is -2.37. The number of nitrogens with zero attached hydrogens (tertiary/aromatic N) is 3. The molecule has 0 saturated carbocycles. The van der Waals surface area contributed by atoms with Gasteiger partial charge in [-0.25, -0.2) is 9.97 Å². The number of hydrogen-bond donors (Lipinski definition) is 0. The summed E-state index contributed by atoms with van der Waals surface area (Å²) < 4.78 is 7.30. The lowest BCUT2D eigenvalue weighted by atomic mass is 9.77. The van der Waals surface area contributed by atoms with E-state index in [1.165, 1.54) is 7.11 Å². The zero-order chi connectivity index (χ0) is 23.4. The molecule has 0 atom stereocenters. The maximum absolute atomic E-state index is 11.8. The summed E-state index contributed by atoms with van der Waals surface area (Å²) in [5, 5.41) is 0. The van der Waals surface area contributed by atoms with Crippen molar-refractivity contribution in [3.8, 4) is 17.1 Å². The van der Waals surface area contributed by atoms with Gasteiger partial charge in [-0.2, -0.15) is 0 Å². The van der Waals surface area contributed by atoms with E-state index in [0.29, 0.717) is 17.1 Å². The lowest BCUT2D eigenvalue weighted by molar-refractivity contribution is 0.111. The van der Waals surface area contributed by atoms with Gasteiger partial charge in [0.05, 0.1) is 19.1 Å². The highest BCUT2D eigenvalue weighted by molar-refractivity contribution is 5.84. The number of rotatable bonds is 7. The minimum absolute atomic E-state index is 0.286. The molecule has 0 radical (unpaired) electrons. The summed E-state index contributed by atoms with van der Waals surface area (Å²) >= 11 is 0. The van der Waals surface area contributed by atoms with E-state index < -0.39 is 5.54 Å². The summed E-state index contributed by atoms with van der Waals surface area (Å²) in [7, 11) is 1.53. The number of carbonyl (C=O) groups is 1. The second-order valence-corrected chi connectivity index (χ2v) is 7.88. The second kappa shape index (κ2) is 9.16. The molecule has 0 spiro atoms. The van der Waals surface area contributed by atoms with E-state index >= 15 is 0 Å². The first-order chi connectivity index (χ1) is 16.8. The van der Waals surface area contributed by atoms with Crippen molar-refractivity contribution in [2.45, 2.75) is 5.54 Å². The van der Waals surface area contributed by atoms with Crippen LogP contribution in [0.25, 0.3) is 11.3 Å². The number of imidazole rings is 1. The van der Waals surface area contributed by atoms with Gasteiger partial charge in [0.25, 0.3) is 0 Å². The predicted molar refractivity (Wildman–Crippen MR) is 132 cm³/mol. The standard InChI is InChI=1S/C29H23N3O2/c1-34-28-18-17-25(27(20-33)31-28)26-19-32(21-30-26)29(22-11-5-2-6-12-22,23-13-7-3-8-14-23)24-15-9-4-10-16-24/h2-21H,1H3. The summed E-state index contributed by atoms with van der Waals surface area (Å²) in [5.41, 5.74) is 4.21. The number of carbonyl (C=O) groups excluding carboxylic acids is 1. The normalized spacial score (nSPS) is 11.2. The van der Waals surface area contributed by atoms with Gasteiger partial charge >= 0.3 is 0 Å². The van der Waals surface area contributed by atoms with Crippen molar-refractivity contribution in [2.24, 2.45) is 0 Å². The Morgan fingerprint density at radius 2 is 1.29 bits per heavy atom. The first-order valence-electron chi connectivity index (χ1n) is 11.0. The third kappa shape index (κ3) is 3.57. The molecule has 34 heavy (non-hydrogen) atoms. The van der Waals surface area contributed by atoms with Crippen LogP contribution in [0.1, 0.15) is 27.2 Å². The van der Waals surface area contributed by atoms with Gasteiger partial charge in [0, 0.05) is 17.8 Å². The van der Waals surface area contributed by atoms with Gasteiger partial charge in [-0.1, -0.05) is 91.0 Å². The molecule has 5 heteroatoms. The van der Waals surface area contributed by atoms with Crippen LogP contribution in [0.3, 0.4) is 0 Å². The molecule has 5 nitrogen and oxygen atoms in total. The average molecular weight is 446 g/mol. The fourth-order valence-electron chi connectivity index (χ4n) is 4.51. The molecular formula is C29H23N3O2. The Kier molecular flexibility index (Phi) is 5.75. The Hall–Kier alpha value is -4.51. The molecule has 5 aromatic rings. The van der Waals surface area contributed by atoms with Gasteiger partial charge in [0.15, 0.2) is 6.29 Å². The van der Waals surface area contributed by atoms with Crippen molar-refractivity contribution in [1.82, 2.24) is 14.5 Å². The fourth-order valence-corrected chi connectivity index (χ4v) is 4.51. The third-order valence-electron chi connectivity index (χ3n) is 6.04. The van der Waals surface area contributed by atoms with Gasteiger partial charge in [-0.05, 0) is 22.8 Å². The van der Waals surface area contributed by atoms with Gasteiger partial charge in [0.1, 0.15) is 11.2 Å². The highest BCUT2D eigenvalue weighted by atomic mass is 16.5. The Balaban J connectivity index is 1.79. The van der Waals surface area contributed by atoms with Crippen LogP contribution in [0.2, 0.25) is 0 Å². The van der Waals surface area contributed by atoms with E-state index in [-0.39, 0.29) is 5.69 Å². The second-order valence-electron chi connectivity index (χ2n) is 7.88. The highest BCUT2D eigenvalue weighted by Gasteiger charge is 2.38. The van der Waals surface area contributed by atoms with Crippen LogP contribution in [-0.4, -0.2) is 27.9 Å². The van der Waals surface area contributed by atoms with Gasteiger partial charge in [-0.15, -0.1) is 0 Å². The smallest absolute Gasteiger partial charge is 0.213 e. The fraction of sp³-hybridized carbons (Fsp3) is 0.0690. The molecular weight excluding hydrogens is 422 g/mol. The van der Waals surface area contributed by atoms with E-state index in [0.717, 1.165) is 23.0 Å². The first-order valence-corrected chi connectivity index (χ1v) is 11.0. The number of methoxy groups -OCH3 is 1. The molecule has 0 unspecified atom stereocenters. The topological polar surface area (TPSA) is 57.0 Å². The Morgan fingerprint density at radius 1 is 0.765 bits per heavy atom. The highest BCUT2D eigenvalue weighted by Crippen LogP contribution is 2.41. The molecule has 0 bridgehead atoms. The van der Waals surface area contributed by atoms with E-state index in [2.05, 4.69) is 45.9 Å². The summed E-state index contributed by atoms with van der Waals surface area (Å²) in [6, 6.07) is 34.7. The minimum Gasteiger partial charge on any atom is -0.481 e. The van der Waals surface area contributed by atoms with Crippen molar-refractivity contribution >= 4 is 6.29 Å². The van der Waals surface area contributed by atoms with Gasteiger partial charge < -0.3 is 9.30 Å². The van der Waals surface area contributed by atoms with Crippen LogP contribution in [0, 0.1) is 0 Å². The molecule has 166 valence electrons. The maximum Gasteiger partial charge on any atom is 0.213 e. The summed E-state index contributed by atoms with van der Waals surface area (Å²) in [6.45, 7) is 0. The molecule has 0 aliphatic heterocycles. The number of hydrogen-bond acceptors (Lipinski definition) is 4. The Bertz CT molecular complexity index is 1300. The lowest BCUT2D eigenvalue weighted by Crippen LogP contribution is -2.36. The number of aldehydes is 1. The molecule has 2 aromatic heterocycles. The van der Waals surface area contributed by atoms with Crippen molar-refractivity contribution in [1.29, 1.82) is 0 Å². The van der Waals surface area contributed by atoms with Gasteiger partial charge in [0.2, 0.25) is 5.88 Å². The predicted octanol–water partition coefficient (Wildman–Crippen LogP) is 5.61. The van der Waals surface area contributed by atoms with Crippen molar-refractivity contribution in [3.05, 3.63) is 138 Å². The summed E-state index contributed by atoms with van der Waals surface area (Å²) in [4.78, 5) is 20.8. The molecule has 0 N–H and O–H groups in total. The third-order valence-corrected chi connectivity index (χ3v) is 6.04. The quantitative estimate of drug-likeness (QED) is 0.241. The number of ether oxygens (including phenoxy) is 1. The Morgan fingerprint density at radius 3 is 1.76 bits per heavy atom. The largest absolute Gasteiger partial charge is 0.481 e. The molecule has 0 saturated heterocycles. The van der Waals surface area contributed by atoms with Crippen molar-refractivity contribution < 1.29 is 9.53 Å². The maximum atomic E-state index is 11.8. The molecule has 0 aliphatic rings. The SMILES string of the molecule is COc1ccc(-c2cn(C(c3ccccc3)(c3ccccc3)c3ccccc3)cn2)c(C=O)n1. The number of aromatic nitrogens is 3. The van der Waals surface area contributed by atoms with E-state index in [4.69, 9.17) is 9.72 Å². The first kappa shape index (κ1) is 21.3. The van der Waals surface area contributed by atoms with Crippen LogP contribution in [0.4, 0.5) is 0 Å². The number of pyridine rings is 1. The van der Waals surface area contributed by atoms with E-state index in [1.807, 2.05) is 73.2 Å². The van der Waals surface area contributed by atoms with Crippen LogP contribution < -0.4 is 4.74 Å². The van der Waals surface area contributed by atoms with Crippen LogP contribution in [-0.2, 0) is 5.54 Å². The van der Waals surface area contributed by atoms with Crippen molar-refractivity contribution in [2.75, 3.05) is 7.11 Å². The number of benzene rings is 3. The average Bonchev–Trinajstić information content (AvgIpc) is 3.41. The summed E-state index contributed by atoms with van der Waals surface area (Å²) in [5.74, 6) is 0.387. The molecule has 3 aromatic carbocycles. The molecule has 2 heterocycles. The molecule has 0 amide bonds. The summed E-state index contributed by atoms with van der Waals surface area (Å²) in [6.07, 6.45) is 4.53. The zero-order valence-corrected chi connectivity index (χ0v) is 18.7. The van der Waals surface area contributed by atoms with Crippen LogP contribution in [0.5, 0.6) is 5.88 Å². The zero-order valence-electron chi connectivity index (χ0n) is 18.7. The monoisotopic (exact) mass is 445 g/mol. The Labute approximate surface area is 198 Å².